The Morgan fingerprint density at radius 2 is 2.00 bits per heavy atom. The number of likely N-dealkylation sites (N-methyl/N-ethyl adjacent to an activating group) is 1. The normalized spacial score (nSPS) is 9.67. The molecule has 0 aromatic heterocycles. The Bertz CT molecular complexity index is 321. The monoisotopic (exact) mass is 202 g/mol. The highest BCUT2D eigenvalue weighted by molar-refractivity contribution is 5.46. The highest BCUT2D eigenvalue weighted by Crippen LogP contribution is 2.12. The molecule has 0 aliphatic rings. The average molecular weight is 202 g/mol. The Kier molecular flexibility index (Phi) is 4.73. The zero-order valence-corrected chi connectivity index (χ0v) is 9.46. The minimum atomic E-state index is 0.641. The van der Waals surface area contributed by atoms with Gasteiger partial charge in [0.25, 0.3) is 0 Å². The van der Waals surface area contributed by atoms with Crippen LogP contribution >= 0.6 is 0 Å². The van der Waals surface area contributed by atoms with Crippen molar-refractivity contribution in [2.75, 3.05) is 31.6 Å². The van der Waals surface area contributed by atoms with Crippen LogP contribution in [0.3, 0.4) is 0 Å². The molecule has 2 nitrogen and oxygen atoms in total. The van der Waals surface area contributed by atoms with E-state index in [2.05, 4.69) is 54.4 Å². The van der Waals surface area contributed by atoms with Gasteiger partial charge in [0.05, 0.1) is 6.54 Å². The van der Waals surface area contributed by atoms with Crippen molar-refractivity contribution < 1.29 is 0 Å². The molecule has 1 rings (SSSR count). The molecule has 1 N–H and O–H groups in total. The number of hydrogen-bond acceptors (Lipinski definition) is 2. The minimum Gasteiger partial charge on any atom is -0.373 e. The van der Waals surface area contributed by atoms with E-state index in [9.17, 15) is 0 Å². The molecule has 0 atom stereocenters. The van der Waals surface area contributed by atoms with Crippen LogP contribution in [0.2, 0.25) is 0 Å². The van der Waals surface area contributed by atoms with Crippen LogP contribution in [0.5, 0.6) is 0 Å². The fraction of sp³-hybridized carbons (Fsp3) is 0.385. The number of terminal acetylenes is 1. The lowest BCUT2D eigenvalue weighted by molar-refractivity contribution is 0.737. The van der Waals surface area contributed by atoms with E-state index >= 15 is 0 Å². The number of benzene rings is 1. The van der Waals surface area contributed by atoms with E-state index < -0.39 is 0 Å². The predicted molar refractivity (Wildman–Crippen MR) is 66.2 cm³/mol. The molecular weight excluding hydrogens is 184 g/mol. The third kappa shape index (κ3) is 4.05. The molecule has 0 fully saturated rings. The maximum absolute atomic E-state index is 5.15. The van der Waals surface area contributed by atoms with Crippen molar-refractivity contribution in [3.05, 3.63) is 29.8 Å². The van der Waals surface area contributed by atoms with Gasteiger partial charge in [-0.25, -0.2) is 0 Å². The van der Waals surface area contributed by atoms with Gasteiger partial charge in [-0.05, 0) is 19.1 Å². The molecule has 0 bridgehead atoms. The number of nitrogens with zero attached hydrogens (tertiary/aromatic N) is 1. The van der Waals surface area contributed by atoms with Gasteiger partial charge >= 0.3 is 0 Å². The molecule has 2 heteroatoms. The first-order valence-electron chi connectivity index (χ1n) is 5.16. The quantitative estimate of drug-likeness (QED) is 0.577. The van der Waals surface area contributed by atoms with Gasteiger partial charge in [-0.1, -0.05) is 23.6 Å². The van der Waals surface area contributed by atoms with Crippen molar-refractivity contribution in [2.45, 2.75) is 6.92 Å². The maximum atomic E-state index is 5.15. The van der Waals surface area contributed by atoms with Crippen molar-refractivity contribution in [3.63, 3.8) is 0 Å². The van der Waals surface area contributed by atoms with E-state index in [0.29, 0.717) is 6.54 Å². The van der Waals surface area contributed by atoms with Gasteiger partial charge < -0.3 is 10.2 Å². The fourth-order valence-electron chi connectivity index (χ4n) is 1.34. The van der Waals surface area contributed by atoms with E-state index in [1.165, 1.54) is 11.3 Å². The van der Waals surface area contributed by atoms with E-state index in [1.54, 1.807) is 0 Å². The molecule has 0 heterocycles. The molecule has 0 saturated heterocycles. The molecule has 1 aromatic carbocycles. The highest BCUT2D eigenvalue weighted by Gasteiger charge is 1.98. The summed E-state index contributed by atoms with van der Waals surface area (Å²) in [5, 5.41) is 3.17. The van der Waals surface area contributed by atoms with Crippen LogP contribution in [0.1, 0.15) is 5.56 Å². The topological polar surface area (TPSA) is 15.3 Å². The van der Waals surface area contributed by atoms with Gasteiger partial charge in [-0.15, -0.1) is 6.42 Å². The molecule has 80 valence electrons. The van der Waals surface area contributed by atoms with Gasteiger partial charge in [-0.3, -0.25) is 0 Å². The Balaban J connectivity index is 2.37. The van der Waals surface area contributed by atoms with Crippen molar-refractivity contribution >= 4 is 5.69 Å². The summed E-state index contributed by atoms with van der Waals surface area (Å²) in [7, 11) is 2.09. The van der Waals surface area contributed by atoms with Crippen molar-refractivity contribution in [1.82, 2.24) is 5.32 Å². The SMILES string of the molecule is C#CCNCCN(C)c1ccc(C)cc1. The van der Waals surface area contributed by atoms with Crippen molar-refractivity contribution in [2.24, 2.45) is 0 Å². The third-order valence-corrected chi connectivity index (χ3v) is 2.33. The standard InChI is InChI=1S/C13H18N2/c1-4-9-14-10-11-15(3)13-7-5-12(2)6-8-13/h1,5-8,14H,9-11H2,2-3H3. The van der Waals surface area contributed by atoms with Gasteiger partial charge in [0.1, 0.15) is 0 Å². The van der Waals surface area contributed by atoms with E-state index in [0.717, 1.165) is 13.1 Å². The second-order valence-electron chi connectivity index (χ2n) is 3.64. The Labute approximate surface area is 92.3 Å². The molecule has 0 amide bonds. The largest absolute Gasteiger partial charge is 0.373 e. The Morgan fingerprint density at radius 3 is 2.60 bits per heavy atom. The predicted octanol–water partition coefficient (Wildman–Crippen LogP) is 1.65. The van der Waals surface area contributed by atoms with E-state index in [4.69, 9.17) is 6.42 Å². The molecule has 0 radical (unpaired) electrons. The van der Waals surface area contributed by atoms with Gasteiger partial charge in [0.2, 0.25) is 0 Å². The van der Waals surface area contributed by atoms with Crippen LogP contribution in [0.25, 0.3) is 0 Å². The summed E-state index contributed by atoms with van der Waals surface area (Å²) in [6, 6.07) is 8.52. The molecule has 0 unspecified atom stereocenters. The lowest BCUT2D eigenvalue weighted by Gasteiger charge is -2.19. The molecule has 0 spiro atoms. The van der Waals surface area contributed by atoms with Gasteiger partial charge in [0.15, 0.2) is 0 Å². The first-order valence-corrected chi connectivity index (χ1v) is 5.16. The van der Waals surface area contributed by atoms with Crippen molar-refractivity contribution in [1.29, 1.82) is 0 Å². The summed E-state index contributed by atoms with van der Waals surface area (Å²) < 4.78 is 0. The summed E-state index contributed by atoms with van der Waals surface area (Å²) in [5.41, 5.74) is 2.53. The molecule has 0 aliphatic heterocycles. The summed E-state index contributed by atoms with van der Waals surface area (Å²) in [4.78, 5) is 2.21. The molecule has 1 aromatic rings. The average Bonchev–Trinajstić information content (AvgIpc) is 2.25. The smallest absolute Gasteiger partial charge is 0.0574 e. The zero-order valence-electron chi connectivity index (χ0n) is 9.46. The number of hydrogen-bond donors (Lipinski definition) is 1. The van der Waals surface area contributed by atoms with E-state index in [1.807, 2.05) is 0 Å². The maximum Gasteiger partial charge on any atom is 0.0574 e. The van der Waals surface area contributed by atoms with Crippen LogP contribution in [0.4, 0.5) is 5.69 Å². The summed E-state index contributed by atoms with van der Waals surface area (Å²) in [5.74, 6) is 2.56. The Morgan fingerprint density at radius 1 is 1.33 bits per heavy atom. The first kappa shape index (κ1) is 11.6. The number of aryl methyl sites for hydroxylation is 1. The van der Waals surface area contributed by atoms with Crippen molar-refractivity contribution in [3.8, 4) is 12.3 Å². The second kappa shape index (κ2) is 6.10. The van der Waals surface area contributed by atoms with Crippen LogP contribution < -0.4 is 10.2 Å². The van der Waals surface area contributed by atoms with Crippen LogP contribution in [-0.2, 0) is 0 Å². The number of nitrogens with one attached hydrogen (secondary N) is 1. The lowest BCUT2D eigenvalue weighted by atomic mass is 10.2. The summed E-state index contributed by atoms with van der Waals surface area (Å²) >= 11 is 0. The van der Waals surface area contributed by atoms with Gasteiger partial charge in [-0.2, -0.15) is 0 Å². The zero-order chi connectivity index (χ0) is 11.1. The molecule has 15 heavy (non-hydrogen) atoms. The number of anilines is 1. The fourth-order valence-corrected chi connectivity index (χ4v) is 1.34. The van der Waals surface area contributed by atoms with Crippen LogP contribution in [-0.4, -0.2) is 26.7 Å². The van der Waals surface area contributed by atoms with E-state index in [-0.39, 0.29) is 0 Å². The molecule has 0 aliphatic carbocycles. The van der Waals surface area contributed by atoms with Gasteiger partial charge in [0, 0.05) is 25.8 Å². The first-order chi connectivity index (χ1) is 7.24. The third-order valence-electron chi connectivity index (χ3n) is 2.33. The minimum absolute atomic E-state index is 0.641. The lowest BCUT2D eigenvalue weighted by Crippen LogP contribution is -2.29. The molecular formula is C13H18N2. The number of rotatable bonds is 5. The van der Waals surface area contributed by atoms with Crippen LogP contribution in [0, 0.1) is 19.3 Å². The Hall–Kier alpha value is -1.46. The highest BCUT2D eigenvalue weighted by atomic mass is 15.1. The van der Waals surface area contributed by atoms with Crippen LogP contribution in [0.15, 0.2) is 24.3 Å². The molecule has 0 saturated carbocycles. The second-order valence-corrected chi connectivity index (χ2v) is 3.64. The summed E-state index contributed by atoms with van der Waals surface area (Å²) in [6.45, 7) is 4.61. The summed E-state index contributed by atoms with van der Waals surface area (Å²) in [6.07, 6.45) is 5.15.